The Labute approximate surface area is 102 Å². The highest BCUT2D eigenvalue weighted by molar-refractivity contribution is 5.87. The van der Waals surface area contributed by atoms with E-state index in [9.17, 15) is 4.79 Å². The summed E-state index contributed by atoms with van der Waals surface area (Å²) in [5.74, 6) is 1.54. The van der Waals surface area contributed by atoms with Crippen LogP contribution in [-0.2, 0) is 9.53 Å². The van der Waals surface area contributed by atoms with Gasteiger partial charge in [-0.15, -0.1) is 0 Å². The molecule has 90 valence electrons. The molecular weight excluding hydrogens is 212 g/mol. The fourth-order valence-electron chi connectivity index (χ4n) is 2.86. The van der Waals surface area contributed by atoms with Crippen LogP contribution in [0.3, 0.4) is 0 Å². The maximum atomic E-state index is 12.3. The number of benzene rings is 1. The Hall–Kier alpha value is -1.15. The molecule has 2 atom stereocenters. The summed E-state index contributed by atoms with van der Waals surface area (Å²) in [4.78, 5) is 12.3. The molecule has 2 aliphatic rings. The highest BCUT2D eigenvalue weighted by atomic mass is 16.5. The third-order valence-corrected chi connectivity index (χ3v) is 4.01. The molecule has 0 bridgehead atoms. The Bertz CT molecular complexity index is 393. The van der Waals surface area contributed by atoms with Gasteiger partial charge in [0.05, 0.1) is 0 Å². The molecule has 2 fully saturated rings. The molecule has 1 aliphatic heterocycles. The van der Waals surface area contributed by atoms with Crippen molar-refractivity contribution < 1.29 is 9.53 Å². The van der Waals surface area contributed by atoms with Gasteiger partial charge in [0.1, 0.15) is 5.78 Å². The minimum atomic E-state index is 0.266. The minimum absolute atomic E-state index is 0.266. The second-order valence-electron chi connectivity index (χ2n) is 5.15. The summed E-state index contributed by atoms with van der Waals surface area (Å²) in [5.41, 5.74) is 1.33. The van der Waals surface area contributed by atoms with E-state index in [4.69, 9.17) is 4.74 Å². The fraction of sp³-hybridized carbons (Fsp3) is 0.533. The zero-order valence-electron chi connectivity index (χ0n) is 9.97. The first kappa shape index (κ1) is 11.0. The first-order chi connectivity index (χ1) is 8.36. The molecule has 17 heavy (non-hydrogen) atoms. The molecule has 2 heteroatoms. The number of rotatable bonds is 3. The average Bonchev–Trinajstić information content (AvgIpc) is 3.20. The van der Waals surface area contributed by atoms with E-state index in [0.29, 0.717) is 17.6 Å². The molecule has 1 saturated carbocycles. The summed E-state index contributed by atoms with van der Waals surface area (Å²) < 4.78 is 5.31. The van der Waals surface area contributed by atoms with Gasteiger partial charge in [0, 0.05) is 25.0 Å². The van der Waals surface area contributed by atoms with Gasteiger partial charge in [0.2, 0.25) is 0 Å². The van der Waals surface area contributed by atoms with Crippen LogP contribution in [0.2, 0.25) is 0 Å². The van der Waals surface area contributed by atoms with Gasteiger partial charge in [-0.3, -0.25) is 4.79 Å². The van der Waals surface area contributed by atoms with Crippen LogP contribution in [-0.4, -0.2) is 19.0 Å². The third kappa shape index (κ3) is 2.27. The Balaban J connectivity index is 1.62. The van der Waals surface area contributed by atoms with E-state index in [1.807, 2.05) is 6.07 Å². The van der Waals surface area contributed by atoms with Crippen LogP contribution >= 0.6 is 0 Å². The normalized spacial score (nSPS) is 28.9. The van der Waals surface area contributed by atoms with Crippen molar-refractivity contribution >= 4 is 5.78 Å². The second kappa shape index (κ2) is 4.61. The molecule has 1 aromatic rings. The van der Waals surface area contributed by atoms with Crippen LogP contribution < -0.4 is 0 Å². The maximum Gasteiger partial charge on any atom is 0.139 e. The average molecular weight is 230 g/mol. The van der Waals surface area contributed by atoms with E-state index >= 15 is 0 Å². The van der Waals surface area contributed by atoms with Gasteiger partial charge in [-0.05, 0) is 30.7 Å². The number of hydrogen-bond donors (Lipinski definition) is 0. The Morgan fingerprint density at radius 3 is 2.53 bits per heavy atom. The summed E-state index contributed by atoms with van der Waals surface area (Å²) in [7, 11) is 0. The molecule has 0 N–H and O–H groups in total. The van der Waals surface area contributed by atoms with E-state index in [1.54, 1.807) is 0 Å². The number of ether oxygens (including phenoxy) is 1. The first-order valence-corrected chi connectivity index (χ1v) is 6.52. The maximum absolute atomic E-state index is 12.3. The zero-order valence-corrected chi connectivity index (χ0v) is 9.97. The summed E-state index contributed by atoms with van der Waals surface area (Å²) in [6, 6.07) is 10.4. The lowest BCUT2D eigenvalue weighted by Gasteiger charge is -2.20. The van der Waals surface area contributed by atoms with Crippen LogP contribution in [0, 0.1) is 11.8 Å². The Morgan fingerprint density at radius 2 is 1.82 bits per heavy atom. The standard InChI is InChI=1S/C15H18O2/c16-15(12-6-8-17-9-7-12)14-10-13(14)11-4-2-1-3-5-11/h1-5,12-14H,6-10H2. The van der Waals surface area contributed by atoms with Crippen LogP contribution in [0.15, 0.2) is 30.3 Å². The van der Waals surface area contributed by atoms with Gasteiger partial charge in [-0.1, -0.05) is 30.3 Å². The molecule has 1 saturated heterocycles. The molecular formula is C15H18O2. The summed E-state index contributed by atoms with van der Waals surface area (Å²) >= 11 is 0. The number of carbonyl (C=O) groups is 1. The summed E-state index contributed by atoms with van der Waals surface area (Å²) in [5, 5.41) is 0. The molecule has 0 spiro atoms. The van der Waals surface area contributed by atoms with Gasteiger partial charge in [-0.2, -0.15) is 0 Å². The van der Waals surface area contributed by atoms with Crippen LogP contribution in [0.4, 0.5) is 0 Å². The van der Waals surface area contributed by atoms with Crippen molar-refractivity contribution in [1.29, 1.82) is 0 Å². The van der Waals surface area contributed by atoms with Gasteiger partial charge in [0.25, 0.3) is 0 Å². The lowest BCUT2D eigenvalue weighted by atomic mass is 9.91. The van der Waals surface area contributed by atoms with E-state index in [-0.39, 0.29) is 5.92 Å². The zero-order chi connectivity index (χ0) is 11.7. The van der Waals surface area contributed by atoms with Crippen molar-refractivity contribution in [3.8, 4) is 0 Å². The number of carbonyl (C=O) groups excluding carboxylic acids is 1. The minimum Gasteiger partial charge on any atom is -0.381 e. The molecule has 1 aromatic carbocycles. The monoisotopic (exact) mass is 230 g/mol. The van der Waals surface area contributed by atoms with Crippen molar-refractivity contribution in [2.45, 2.75) is 25.2 Å². The quantitative estimate of drug-likeness (QED) is 0.798. The van der Waals surface area contributed by atoms with Crippen LogP contribution in [0.1, 0.15) is 30.7 Å². The third-order valence-electron chi connectivity index (χ3n) is 4.01. The molecule has 1 heterocycles. The highest BCUT2D eigenvalue weighted by Crippen LogP contribution is 2.49. The largest absolute Gasteiger partial charge is 0.381 e. The number of ketones is 1. The topological polar surface area (TPSA) is 26.3 Å². The molecule has 0 amide bonds. The Kier molecular flexibility index (Phi) is 2.98. The molecule has 0 radical (unpaired) electrons. The van der Waals surface area contributed by atoms with Gasteiger partial charge < -0.3 is 4.74 Å². The fourth-order valence-corrected chi connectivity index (χ4v) is 2.86. The van der Waals surface area contributed by atoms with E-state index in [0.717, 1.165) is 32.5 Å². The summed E-state index contributed by atoms with van der Waals surface area (Å²) in [6.45, 7) is 1.53. The predicted octanol–water partition coefficient (Wildman–Crippen LogP) is 2.79. The van der Waals surface area contributed by atoms with Gasteiger partial charge in [-0.25, -0.2) is 0 Å². The molecule has 3 rings (SSSR count). The van der Waals surface area contributed by atoms with Gasteiger partial charge >= 0.3 is 0 Å². The van der Waals surface area contributed by atoms with E-state index in [1.165, 1.54) is 5.56 Å². The van der Waals surface area contributed by atoms with Crippen molar-refractivity contribution in [3.05, 3.63) is 35.9 Å². The van der Waals surface area contributed by atoms with Gasteiger partial charge in [0.15, 0.2) is 0 Å². The van der Waals surface area contributed by atoms with Crippen LogP contribution in [0.25, 0.3) is 0 Å². The predicted molar refractivity (Wildman–Crippen MR) is 65.8 cm³/mol. The molecule has 2 nitrogen and oxygen atoms in total. The second-order valence-corrected chi connectivity index (χ2v) is 5.15. The summed E-state index contributed by atoms with van der Waals surface area (Å²) in [6.07, 6.45) is 2.91. The van der Waals surface area contributed by atoms with Crippen molar-refractivity contribution in [2.75, 3.05) is 13.2 Å². The first-order valence-electron chi connectivity index (χ1n) is 6.52. The smallest absolute Gasteiger partial charge is 0.139 e. The molecule has 2 unspecified atom stereocenters. The molecule has 1 aliphatic carbocycles. The lowest BCUT2D eigenvalue weighted by Crippen LogP contribution is -2.24. The number of hydrogen-bond acceptors (Lipinski definition) is 2. The van der Waals surface area contributed by atoms with E-state index < -0.39 is 0 Å². The van der Waals surface area contributed by atoms with Crippen LogP contribution in [0.5, 0.6) is 0 Å². The van der Waals surface area contributed by atoms with Crippen molar-refractivity contribution in [3.63, 3.8) is 0 Å². The molecule has 0 aromatic heterocycles. The highest BCUT2D eigenvalue weighted by Gasteiger charge is 2.45. The van der Waals surface area contributed by atoms with E-state index in [2.05, 4.69) is 24.3 Å². The lowest BCUT2D eigenvalue weighted by molar-refractivity contribution is -0.127. The van der Waals surface area contributed by atoms with Crippen molar-refractivity contribution in [1.82, 2.24) is 0 Å². The SMILES string of the molecule is O=C(C1CCOCC1)C1CC1c1ccccc1. The van der Waals surface area contributed by atoms with Crippen molar-refractivity contribution in [2.24, 2.45) is 11.8 Å². The number of Topliss-reactive ketones (excluding diaryl/α,β-unsaturated/α-hetero) is 1. The Morgan fingerprint density at radius 1 is 1.12 bits per heavy atom.